The normalized spacial score (nSPS) is 12.8. The fourth-order valence-electron chi connectivity index (χ4n) is 1.33. The lowest BCUT2D eigenvalue weighted by Crippen LogP contribution is -1.95. The van der Waals surface area contributed by atoms with Crippen LogP contribution in [0.3, 0.4) is 0 Å². The molecule has 84 valence electrons. The van der Waals surface area contributed by atoms with Crippen LogP contribution in [0.15, 0.2) is 34.1 Å². The van der Waals surface area contributed by atoms with Crippen molar-refractivity contribution in [3.63, 3.8) is 0 Å². The van der Waals surface area contributed by atoms with Crippen molar-refractivity contribution in [1.29, 1.82) is 0 Å². The van der Waals surface area contributed by atoms with Crippen LogP contribution in [0.25, 0.3) is 0 Å². The summed E-state index contributed by atoms with van der Waals surface area (Å²) in [4.78, 5) is 1.05. The number of halogens is 4. The van der Waals surface area contributed by atoms with E-state index in [0.717, 1.165) is 18.5 Å². The highest BCUT2D eigenvalue weighted by molar-refractivity contribution is 14.1. The largest absolute Gasteiger partial charge is 0.207 e. The number of hydrogen-bond donors (Lipinski definition) is 0. The molecule has 0 aliphatic rings. The lowest BCUT2D eigenvalue weighted by Gasteiger charge is -2.11. The molecular weight excluding hydrogens is 425 g/mol. The molecule has 5 heteroatoms. The van der Waals surface area contributed by atoms with E-state index >= 15 is 0 Å². The first-order valence-corrected chi connectivity index (χ1v) is 7.60. The molecule has 1 heterocycles. The van der Waals surface area contributed by atoms with Gasteiger partial charge >= 0.3 is 0 Å². The van der Waals surface area contributed by atoms with Crippen LogP contribution in [0.5, 0.6) is 0 Å². The minimum absolute atomic E-state index is 0.234. The third kappa shape index (κ3) is 2.60. The zero-order chi connectivity index (χ0) is 11.7. The van der Waals surface area contributed by atoms with E-state index < -0.39 is 0 Å². The van der Waals surface area contributed by atoms with Gasteiger partial charge in [0.15, 0.2) is 0 Å². The van der Waals surface area contributed by atoms with E-state index in [9.17, 15) is 4.39 Å². The topological polar surface area (TPSA) is 0 Å². The molecule has 0 saturated heterocycles. The molecule has 0 saturated carbocycles. The smallest absolute Gasteiger partial charge is 0.124 e. The van der Waals surface area contributed by atoms with Gasteiger partial charge in [-0.25, -0.2) is 4.39 Å². The summed E-state index contributed by atoms with van der Waals surface area (Å²) in [6.45, 7) is 0. The van der Waals surface area contributed by atoms with Gasteiger partial charge in [0.1, 0.15) is 5.82 Å². The second-order valence-electron chi connectivity index (χ2n) is 3.16. The van der Waals surface area contributed by atoms with Crippen molar-refractivity contribution in [2.24, 2.45) is 0 Å². The highest BCUT2D eigenvalue weighted by Gasteiger charge is 2.18. The molecule has 0 fully saturated rings. The van der Waals surface area contributed by atoms with Gasteiger partial charge in [0.05, 0.1) is 5.38 Å². The number of alkyl halides is 1. The molecule has 0 spiro atoms. The lowest BCUT2D eigenvalue weighted by molar-refractivity contribution is 0.626. The Morgan fingerprint density at radius 1 is 1.38 bits per heavy atom. The highest BCUT2D eigenvalue weighted by atomic mass is 127. The first kappa shape index (κ1) is 12.8. The van der Waals surface area contributed by atoms with Crippen LogP contribution in [0.1, 0.15) is 15.8 Å². The van der Waals surface area contributed by atoms with Gasteiger partial charge in [0.25, 0.3) is 0 Å². The zero-order valence-corrected chi connectivity index (χ0v) is 13.2. The van der Waals surface area contributed by atoms with Crippen LogP contribution in [-0.4, -0.2) is 0 Å². The van der Waals surface area contributed by atoms with Gasteiger partial charge in [-0.15, -0.1) is 22.9 Å². The van der Waals surface area contributed by atoms with Crippen molar-refractivity contribution >= 4 is 61.5 Å². The molecule has 1 atom stereocenters. The summed E-state index contributed by atoms with van der Waals surface area (Å²) in [6.07, 6.45) is 0. The Bertz CT molecular complexity index is 514. The van der Waals surface area contributed by atoms with Gasteiger partial charge in [0, 0.05) is 12.9 Å². The number of rotatable bonds is 2. The van der Waals surface area contributed by atoms with Crippen LogP contribution in [-0.2, 0) is 0 Å². The third-order valence-electron chi connectivity index (χ3n) is 2.11. The third-order valence-corrected chi connectivity index (χ3v) is 5.56. The van der Waals surface area contributed by atoms with Crippen molar-refractivity contribution in [2.75, 3.05) is 0 Å². The average Bonchev–Trinajstić information content (AvgIpc) is 2.63. The molecule has 0 aliphatic carbocycles. The molecule has 0 N–H and O–H groups in total. The Hall–Kier alpha value is 0.350. The quantitative estimate of drug-likeness (QED) is 0.430. The summed E-state index contributed by atoms with van der Waals surface area (Å²) >= 11 is 13.5. The van der Waals surface area contributed by atoms with Crippen molar-refractivity contribution in [1.82, 2.24) is 0 Å². The van der Waals surface area contributed by atoms with E-state index in [0.29, 0.717) is 0 Å². The Kier molecular flexibility index (Phi) is 4.26. The highest BCUT2D eigenvalue weighted by Crippen LogP contribution is 2.39. The lowest BCUT2D eigenvalue weighted by atomic mass is 10.1. The van der Waals surface area contributed by atoms with Crippen molar-refractivity contribution in [2.45, 2.75) is 5.38 Å². The van der Waals surface area contributed by atoms with E-state index in [-0.39, 0.29) is 11.2 Å². The van der Waals surface area contributed by atoms with Gasteiger partial charge in [-0.2, -0.15) is 0 Å². The Morgan fingerprint density at radius 2 is 2.12 bits per heavy atom. The Labute approximate surface area is 124 Å². The fraction of sp³-hybridized carbons (Fsp3) is 0.0909. The molecule has 0 nitrogen and oxygen atoms in total. The predicted octanol–water partition coefficient (Wildman–Crippen LogP) is 5.58. The van der Waals surface area contributed by atoms with E-state index in [1.807, 2.05) is 11.4 Å². The fourth-order valence-corrected chi connectivity index (χ4v) is 4.50. The summed E-state index contributed by atoms with van der Waals surface area (Å²) in [5, 5.41) is 1.74. The van der Waals surface area contributed by atoms with Gasteiger partial charge in [-0.05, 0) is 67.7 Å². The molecule has 1 aromatic carbocycles. The van der Waals surface area contributed by atoms with Crippen LogP contribution in [0.2, 0.25) is 0 Å². The van der Waals surface area contributed by atoms with Crippen LogP contribution < -0.4 is 0 Å². The minimum Gasteiger partial charge on any atom is -0.207 e. The molecule has 0 aliphatic heterocycles. The maximum absolute atomic E-state index is 13.0. The van der Waals surface area contributed by atoms with Gasteiger partial charge in [-0.1, -0.05) is 6.07 Å². The molecule has 1 unspecified atom stereocenters. The molecule has 0 radical (unpaired) electrons. The number of thiophene rings is 1. The summed E-state index contributed by atoms with van der Waals surface area (Å²) in [5.74, 6) is -0.234. The molecule has 16 heavy (non-hydrogen) atoms. The maximum atomic E-state index is 13.0. The zero-order valence-electron chi connectivity index (χ0n) is 7.88. The second-order valence-corrected chi connectivity index (χ2v) is 6.56. The standard InChI is InChI=1S/C11H6BrClFIS/c12-8-3-4-16-11(8)10(13)7-2-1-6(14)5-9(7)15/h1-5,10H. The van der Waals surface area contributed by atoms with Gasteiger partial charge < -0.3 is 0 Å². The molecule has 2 aromatic rings. The van der Waals surface area contributed by atoms with Crippen LogP contribution >= 0.6 is 61.5 Å². The average molecular weight is 431 g/mol. The minimum atomic E-state index is -0.234. The predicted molar refractivity (Wildman–Crippen MR) is 78.8 cm³/mol. The molecule has 1 aromatic heterocycles. The summed E-state index contributed by atoms with van der Waals surface area (Å²) in [7, 11) is 0. The SMILES string of the molecule is Fc1ccc(C(Cl)c2sccc2Br)c(I)c1. The van der Waals surface area contributed by atoms with Gasteiger partial charge in [-0.3, -0.25) is 0 Å². The monoisotopic (exact) mass is 430 g/mol. The Morgan fingerprint density at radius 3 is 2.69 bits per heavy atom. The number of hydrogen-bond acceptors (Lipinski definition) is 1. The van der Waals surface area contributed by atoms with Gasteiger partial charge in [0.2, 0.25) is 0 Å². The van der Waals surface area contributed by atoms with E-state index in [1.165, 1.54) is 12.1 Å². The summed E-state index contributed by atoms with van der Waals surface area (Å²) in [5.41, 5.74) is 0.937. The maximum Gasteiger partial charge on any atom is 0.124 e. The van der Waals surface area contributed by atoms with Crippen molar-refractivity contribution in [3.8, 4) is 0 Å². The van der Waals surface area contributed by atoms with Crippen LogP contribution in [0, 0.1) is 9.39 Å². The van der Waals surface area contributed by atoms with E-state index in [4.69, 9.17) is 11.6 Å². The molecular formula is C11H6BrClFIS. The Balaban J connectivity index is 2.41. The summed E-state index contributed by atoms with van der Waals surface area (Å²) < 4.78 is 14.8. The molecule has 2 rings (SSSR count). The molecule has 0 amide bonds. The van der Waals surface area contributed by atoms with Crippen molar-refractivity contribution < 1.29 is 4.39 Å². The molecule has 0 bridgehead atoms. The first-order chi connectivity index (χ1) is 7.59. The first-order valence-electron chi connectivity index (χ1n) is 4.41. The van der Waals surface area contributed by atoms with Crippen LogP contribution in [0.4, 0.5) is 4.39 Å². The van der Waals surface area contributed by atoms with E-state index in [1.54, 1.807) is 17.4 Å². The number of benzene rings is 1. The van der Waals surface area contributed by atoms with E-state index in [2.05, 4.69) is 38.5 Å². The summed E-state index contributed by atoms with van der Waals surface area (Å²) in [6, 6.07) is 6.63. The second kappa shape index (κ2) is 5.33. The van der Waals surface area contributed by atoms with Crippen molar-refractivity contribution in [3.05, 3.63) is 53.9 Å².